The van der Waals surface area contributed by atoms with E-state index < -0.39 is 5.97 Å². The van der Waals surface area contributed by atoms with E-state index in [0.717, 1.165) is 15.0 Å². The Labute approximate surface area is 135 Å². The van der Waals surface area contributed by atoms with Gasteiger partial charge in [-0.1, -0.05) is 18.2 Å². The van der Waals surface area contributed by atoms with Crippen molar-refractivity contribution in [3.63, 3.8) is 0 Å². The average molecular weight is 331 g/mol. The van der Waals surface area contributed by atoms with E-state index in [1.807, 2.05) is 37.3 Å². The summed E-state index contributed by atoms with van der Waals surface area (Å²) in [4.78, 5) is 25.0. The highest BCUT2D eigenvalue weighted by atomic mass is 32.1. The quantitative estimate of drug-likeness (QED) is 0.754. The van der Waals surface area contributed by atoms with Gasteiger partial charge in [-0.15, -0.1) is 22.7 Å². The van der Waals surface area contributed by atoms with Gasteiger partial charge in [-0.05, 0) is 36.6 Å². The molecule has 0 aliphatic carbocycles. The van der Waals surface area contributed by atoms with Crippen LogP contribution in [0.25, 0.3) is 10.1 Å². The van der Waals surface area contributed by atoms with Crippen LogP contribution in [0.4, 0.5) is 0 Å². The second-order valence-electron chi connectivity index (χ2n) is 4.85. The van der Waals surface area contributed by atoms with E-state index in [0.29, 0.717) is 4.88 Å². The van der Waals surface area contributed by atoms with Crippen LogP contribution in [0.5, 0.6) is 0 Å². The number of carbonyl (C=O) groups excluding carboxylic acids is 1. The van der Waals surface area contributed by atoms with Crippen LogP contribution >= 0.6 is 22.7 Å². The molecule has 2 heterocycles. The molecule has 0 fully saturated rings. The molecular formula is C16H13NO3S2. The number of aromatic carboxylic acids is 1. The summed E-state index contributed by atoms with van der Waals surface area (Å²) in [6.45, 7) is 1.85. The molecule has 1 aromatic carbocycles. The molecule has 0 saturated carbocycles. The molecule has 0 aliphatic heterocycles. The van der Waals surface area contributed by atoms with Crippen molar-refractivity contribution in [3.05, 3.63) is 57.1 Å². The standard InChI is InChI=1S/C16H13NO3S2/c1-9(11-6-7-13(21-11)16(19)20)17-15(18)14-8-10-4-2-3-5-12(10)22-14/h2-9H,1H3,(H,17,18)(H,19,20). The van der Waals surface area contributed by atoms with E-state index in [-0.39, 0.29) is 16.8 Å². The smallest absolute Gasteiger partial charge is 0.345 e. The molecule has 22 heavy (non-hydrogen) atoms. The van der Waals surface area contributed by atoms with Gasteiger partial charge in [-0.2, -0.15) is 0 Å². The number of amides is 1. The van der Waals surface area contributed by atoms with Crippen molar-refractivity contribution < 1.29 is 14.7 Å². The zero-order valence-corrected chi connectivity index (χ0v) is 13.3. The maximum Gasteiger partial charge on any atom is 0.345 e. The summed E-state index contributed by atoms with van der Waals surface area (Å²) in [5, 5.41) is 12.9. The molecule has 2 aromatic heterocycles. The Hall–Kier alpha value is -2.18. The Kier molecular flexibility index (Phi) is 3.96. The summed E-state index contributed by atoms with van der Waals surface area (Å²) < 4.78 is 1.07. The lowest BCUT2D eigenvalue weighted by Gasteiger charge is -2.10. The summed E-state index contributed by atoms with van der Waals surface area (Å²) >= 11 is 2.63. The van der Waals surface area contributed by atoms with E-state index in [2.05, 4.69) is 5.32 Å². The summed E-state index contributed by atoms with van der Waals surface area (Å²) in [7, 11) is 0. The lowest BCUT2D eigenvalue weighted by atomic mass is 10.2. The minimum absolute atomic E-state index is 0.140. The predicted molar refractivity (Wildman–Crippen MR) is 89.0 cm³/mol. The molecule has 112 valence electrons. The Morgan fingerprint density at radius 3 is 2.55 bits per heavy atom. The summed E-state index contributed by atoms with van der Waals surface area (Å²) in [6.07, 6.45) is 0. The molecule has 1 atom stereocenters. The summed E-state index contributed by atoms with van der Waals surface area (Å²) in [5.74, 6) is -1.08. The molecule has 0 saturated heterocycles. The van der Waals surface area contributed by atoms with E-state index in [4.69, 9.17) is 5.11 Å². The first kappa shape index (κ1) is 14.7. The molecule has 2 N–H and O–H groups in total. The number of carboxylic acid groups (broad SMARTS) is 1. The second kappa shape index (κ2) is 5.90. The molecule has 3 aromatic rings. The van der Waals surface area contributed by atoms with Crippen LogP contribution in [0.15, 0.2) is 42.5 Å². The highest BCUT2D eigenvalue weighted by Gasteiger charge is 2.16. The normalized spacial score (nSPS) is 12.2. The number of fused-ring (bicyclic) bond motifs is 1. The number of carboxylic acids is 1. The van der Waals surface area contributed by atoms with Crippen LogP contribution < -0.4 is 5.32 Å². The zero-order chi connectivity index (χ0) is 15.7. The number of thiophene rings is 2. The molecule has 0 radical (unpaired) electrons. The fraction of sp³-hybridized carbons (Fsp3) is 0.125. The van der Waals surface area contributed by atoms with Gasteiger partial charge in [0.05, 0.1) is 10.9 Å². The first-order chi connectivity index (χ1) is 10.5. The van der Waals surface area contributed by atoms with Crippen molar-refractivity contribution in [2.24, 2.45) is 0 Å². The van der Waals surface area contributed by atoms with E-state index >= 15 is 0 Å². The van der Waals surface area contributed by atoms with Crippen molar-refractivity contribution >= 4 is 44.6 Å². The third kappa shape index (κ3) is 2.88. The van der Waals surface area contributed by atoms with Crippen molar-refractivity contribution in [3.8, 4) is 0 Å². The summed E-state index contributed by atoms with van der Waals surface area (Å²) in [5.41, 5.74) is 0. The van der Waals surface area contributed by atoms with Gasteiger partial charge in [-0.25, -0.2) is 4.79 Å². The molecule has 3 rings (SSSR count). The number of benzene rings is 1. The molecular weight excluding hydrogens is 318 g/mol. The van der Waals surface area contributed by atoms with Crippen LogP contribution in [0.2, 0.25) is 0 Å². The van der Waals surface area contributed by atoms with Crippen molar-refractivity contribution in [1.82, 2.24) is 5.32 Å². The topological polar surface area (TPSA) is 66.4 Å². The molecule has 4 nitrogen and oxygen atoms in total. The van der Waals surface area contributed by atoms with E-state index in [1.54, 1.807) is 12.1 Å². The third-order valence-electron chi connectivity index (χ3n) is 3.26. The lowest BCUT2D eigenvalue weighted by molar-refractivity contribution is 0.0702. The molecule has 0 aliphatic rings. The number of carbonyl (C=O) groups is 2. The SMILES string of the molecule is CC(NC(=O)c1cc2ccccc2s1)c1ccc(C(=O)O)s1. The lowest BCUT2D eigenvalue weighted by Crippen LogP contribution is -2.25. The van der Waals surface area contributed by atoms with E-state index in [9.17, 15) is 9.59 Å². The minimum Gasteiger partial charge on any atom is -0.477 e. The Balaban J connectivity index is 1.76. The molecule has 0 spiro atoms. The van der Waals surface area contributed by atoms with Gasteiger partial charge in [0, 0.05) is 9.58 Å². The van der Waals surface area contributed by atoms with Crippen LogP contribution in [-0.2, 0) is 0 Å². The van der Waals surface area contributed by atoms with Crippen molar-refractivity contribution in [2.45, 2.75) is 13.0 Å². The van der Waals surface area contributed by atoms with Crippen LogP contribution in [0.1, 0.15) is 37.2 Å². The maximum absolute atomic E-state index is 12.3. The molecule has 1 unspecified atom stereocenters. The monoisotopic (exact) mass is 331 g/mol. The molecule has 0 bridgehead atoms. The largest absolute Gasteiger partial charge is 0.477 e. The molecule has 1 amide bonds. The predicted octanol–water partition coefficient (Wildman–Crippen LogP) is 4.15. The first-order valence-electron chi connectivity index (χ1n) is 6.67. The van der Waals surface area contributed by atoms with Gasteiger partial charge in [0.2, 0.25) is 0 Å². The fourth-order valence-electron chi connectivity index (χ4n) is 2.13. The van der Waals surface area contributed by atoms with Gasteiger partial charge in [0.1, 0.15) is 4.88 Å². The minimum atomic E-state index is -0.945. The van der Waals surface area contributed by atoms with Gasteiger partial charge in [-0.3, -0.25) is 4.79 Å². The van der Waals surface area contributed by atoms with Crippen molar-refractivity contribution in [2.75, 3.05) is 0 Å². The number of nitrogens with one attached hydrogen (secondary N) is 1. The number of hydrogen-bond acceptors (Lipinski definition) is 4. The van der Waals surface area contributed by atoms with Gasteiger partial charge >= 0.3 is 5.97 Å². The van der Waals surface area contributed by atoms with Crippen LogP contribution in [-0.4, -0.2) is 17.0 Å². The highest BCUT2D eigenvalue weighted by molar-refractivity contribution is 7.20. The number of rotatable bonds is 4. The first-order valence-corrected chi connectivity index (χ1v) is 8.30. The zero-order valence-electron chi connectivity index (χ0n) is 11.7. The summed E-state index contributed by atoms with van der Waals surface area (Å²) in [6, 6.07) is 12.8. The third-order valence-corrected chi connectivity index (χ3v) is 5.63. The average Bonchev–Trinajstić information content (AvgIpc) is 3.14. The Morgan fingerprint density at radius 1 is 1.09 bits per heavy atom. The number of hydrogen-bond donors (Lipinski definition) is 2. The second-order valence-corrected chi connectivity index (χ2v) is 7.05. The highest BCUT2D eigenvalue weighted by Crippen LogP contribution is 2.27. The van der Waals surface area contributed by atoms with Crippen molar-refractivity contribution in [1.29, 1.82) is 0 Å². The Morgan fingerprint density at radius 2 is 1.86 bits per heavy atom. The van der Waals surface area contributed by atoms with Crippen LogP contribution in [0, 0.1) is 0 Å². The van der Waals surface area contributed by atoms with Gasteiger partial charge < -0.3 is 10.4 Å². The molecule has 6 heteroatoms. The van der Waals surface area contributed by atoms with Gasteiger partial charge in [0.25, 0.3) is 5.91 Å². The Bertz CT molecular complexity index is 817. The van der Waals surface area contributed by atoms with Crippen LogP contribution in [0.3, 0.4) is 0 Å². The van der Waals surface area contributed by atoms with Gasteiger partial charge in [0.15, 0.2) is 0 Å². The maximum atomic E-state index is 12.3. The van der Waals surface area contributed by atoms with E-state index in [1.165, 1.54) is 22.7 Å². The fourth-order valence-corrected chi connectivity index (χ4v) is 3.95.